The molecular weight excluding hydrogens is 130 g/mol. The molecule has 0 fully saturated rings. The zero-order valence-corrected chi connectivity index (χ0v) is 5.97. The minimum atomic E-state index is 0.0785. The van der Waals surface area contributed by atoms with E-state index >= 15 is 0 Å². The summed E-state index contributed by atoms with van der Waals surface area (Å²) in [5.74, 6) is 2.44. The molecule has 0 aromatic rings. The normalized spacial score (nSPS) is 9.20. The van der Waals surface area contributed by atoms with Crippen molar-refractivity contribution >= 4 is 0 Å². The standard InChI is InChI=1S/C7H13NO2/c1-2-3-8-4-6-10-7-5-9/h1,8-9H,3-7H2. The molecule has 0 aliphatic heterocycles. The Morgan fingerprint density at radius 2 is 2.30 bits per heavy atom. The number of hydrogen-bond acceptors (Lipinski definition) is 3. The molecule has 0 rings (SSSR count). The van der Waals surface area contributed by atoms with Crippen LogP contribution in [0.3, 0.4) is 0 Å². The SMILES string of the molecule is C#CCNCCOCCO. The quantitative estimate of drug-likeness (QED) is 0.378. The molecule has 0 aromatic heterocycles. The lowest BCUT2D eigenvalue weighted by molar-refractivity contribution is 0.0944. The number of aliphatic hydroxyl groups is 1. The van der Waals surface area contributed by atoms with E-state index in [0.717, 1.165) is 6.54 Å². The van der Waals surface area contributed by atoms with E-state index in [1.54, 1.807) is 0 Å². The monoisotopic (exact) mass is 143 g/mol. The third-order valence-corrected chi connectivity index (χ3v) is 0.886. The van der Waals surface area contributed by atoms with E-state index in [1.165, 1.54) is 0 Å². The van der Waals surface area contributed by atoms with Crippen molar-refractivity contribution in [2.75, 3.05) is 32.9 Å². The molecule has 0 radical (unpaired) electrons. The number of terminal acetylenes is 1. The minimum Gasteiger partial charge on any atom is -0.394 e. The summed E-state index contributed by atoms with van der Waals surface area (Å²) in [6.45, 7) is 2.39. The molecule has 2 N–H and O–H groups in total. The van der Waals surface area contributed by atoms with Crippen molar-refractivity contribution in [1.29, 1.82) is 0 Å². The number of aliphatic hydroxyl groups excluding tert-OH is 1. The van der Waals surface area contributed by atoms with Gasteiger partial charge in [-0.15, -0.1) is 6.42 Å². The van der Waals surface area contributed by atoms with Gasteiger partial charge in [0.15, 0.2) is 0 Å². The fraction of sp³-hybridized carbons (Fsp3) is 0.714. The Bertz CT molecular complexity index is 98.3. The molecule has 0 aliphatic carbocycles. The molecule has 3 nitrogen and oxygen atoms in total. The van der Waals surface area contributed by atoms with Gasteiger partial charge in [-0.3, -0.25) is 0 Å². The lowest BCUT2D eigenvalue weighted by Crippen LogP contribution is -2.20. The molecule has 0 atom stereocenters. The first-order valence-electron chi connectivity index (χ1n) is 3.24. The van der Waals surface area contributed by atoms with Gasteiger partial charge < -0.3 is 15.2 Å². The molecule has 10 heavy (non-hydrogen) atoms. The van der Waals surface area contributed by atoms with Crippen LogP contribution in [0.5, 0.6) is 0 Å². The van der Waals surface area contributed by atoms with Crippen molar-refractivity contribution in [3.8, 4) is 12.3 Å². The first-order valence-corrected chi connectivity index (χ1v) is 3.24. The molecule has 3 heteroatoms. The van der Waals surface area contributed by atoms with Crippen LogP contribution in [0.25, 0.3) is 0 Å². The van der Waals surface area contributed by atoms with Crippen LogP contribution in [0.4, 0.5) is 0 Å². The average Bonchev–Trinajstić information content (AvgIpc) is 1.97. The van der Waals surface area contributed by atoms with Gasteiger partial charge in [-0.05, 0) is 0 Å². The van der Waals surface area contributed by atoms with Crippen LogP contribution in [0, 0.1) is 12.3 Å². The van der Waals surface area contributed by atoms with Crippen LogP contribution in [-0.2, 0) is 4.74 Å². The topological polar surface area (TPSA) is 41.5 Å². The molecule has 0 unspecified atom stereocenters. The van der Waals surface area contributed by atoms with Crippen molar-refractivity contribution in [2.45, 2.75) is 0 Å². The van der Waals surface area contributed by atoms with Crippen molar-refractivity contribution in [3.63, 3.8) is 0 Å². The Balaban J connectivity index is 2.72. The summed E-state index contributed by atoms with van der Waals surface area (Å²) in [5.41, 5.74) is 0. The van der Waals surface area contributed by atoms with Gasteiger partial charge in [-0.1, -0.05) is 5.92 Å². The maximum absolute atomic E-state index is 8.29. The van der Waals surface area contributed by atoms with Gasteiger partial charge in [0.05, 0.1) is 26.4 Å². The van der Waals surface area contributed by atoms with Gasteiger partial charge in [-0.2, -0.15) is 0 Å². The smallest absolute Gasteiger partial charge is 0.0698 e. The summed E-state index contributed by atoms with van der Waals surface area (Å²) in [4.78, 5) is 0. The maximum atomic E-state index is 8.29. The average molecular weight is 143 g/mol. The highest BCUT2D eigenvalue weighted by atomic mass is 16.5. The number of ether oxygens (including phenoxy) is 1. The third kappa shape index (κ3) is 7.44. The van der Waals surface area contributed by atoms with Gasteiger partial charge >= 0.3 is 0 Å². The zero-order chi connectivity index (χ0) is 7.66. The van der Waals surface area contributed by atoms with Gasteiger partial charge in [-0.25, -0.2) is 0 Å². The molecule has 0 saturated heterocycles. The molecule has 0 bridgehead atoms. The fourth-order valence-electron chi connectivity index (χ4n) is 0.472. The predicted molar refractivity (Wildman–Crippen MR) is 39.6 cm³/mol. The van der Waals surface area contributed by atoms with Gasteiger partial charge in [0.25, 0.3) is 0 Å². The van der Waals surface area contributed by atoms with E-state index in [4.69, 9.17) is 16.3 Å². The molecule has 0 amide bonds. The molecular formula is C7H13NO2. The third-order valence-electron chi connectivity index (χ3n) is 0.886. The Labute approximate surface area is 61.4 Å². The van der Waals surface area contributed by atoms with Crippen LogP contribution in [0.1, 0.15) is 0 Å². The van der Waals surface area contributed by atoms with E-state index in [2.05, 4.69) is 11.2 Å². The molecule has 58 valence electrons. The largest absolute Gasteiger partial charge is 0.394 e. The van der Waals surface area contributed by atoms with Gasteiger partial charge in [0, 0.05) is 6.54 Å². The first-order chi connectivity index (χ1) is 4.91. The molecule has 0 spiro atoms. The lowest BCUT2D eigenvalue weighted by Gasteiger charge is -2.00. The minimum absolute atomic E-state index is 0.0785. The van der Waals surface area contributed by atoms with Crippen molar-refractivity contribution in [1.82, 2.24) is 5.32 Å². The summed E-state index contributed by atoms with van der Waals surface area (Å²) in [7, 11) is 0. The van der Waals surface area contributed by atoms with Crippen molar-refractivity contribution in [2.24, 2.45) is 0 Å². The highest BCUT2D eigenvalue weighted by Gasteiger charge is 1.84. The second kappa shape index (κ2) is 8.44. The Morgan fingerprint density at radius 1 is 1.50 bits per heavy atom. The second-order valence-corrected chi connectivity index (χ2v) is 1.72. The highest BCUT2D eigenvalue weighted by Crippen LogP contribution is 1.70. The summed E-state index contributed by atoms with van der Waals surface area (Å²) < 4.78 is 4.95. The summed E-state index contributed by atoms with van der Waals surface area (Å²) >= 11 is 0. The molecule has 0 aliphatic rings. The van der Waals surface area contributed by atoms with E-state index in [1.807, 2.05) is 0 Å². The molecule has 0 heterocycles. The van der Waals surface area contributed by atoms with Crippen LogP contribution < -0.4 is 5.32 Å². The predicted octanol–water partition coefficient (Wildman–Crippen LogP) is -0.782. The lowest BCUT2D eigenvalue weighted by atomic mass is 10.6. The van der Waals surface area contributed by atoms with E-state index in [9.17, 15) is 0 Å². The van der Waals surface area contributed by atoms with Gasteiger partial charge in [0.2, 0.25) is 0 Å². The number of hydrogen-bond donors (Lipinski definition) is 2. The summed E-state index contributed by atoms with van der Waals surface area (Å²) in [6, 6.07) is 0. The first kappa shape index (κ1) is 9.44. The van der Waals surface area contributed by atoms with Crippen LogP contribution >= 0.6 is 0 Å². The Morgan fingerprint density at radius 3 is 2.90 bits per heavy atom. The zero-order valence-electron chi connectivity index (χ0n) is 5.97. The van der Waals surface area contributed by atoms with Crippen LogP contribution in [-0.4, -0.2) is 38.0 Å². The van der Waals surface area contributed by atoms with Gasteiger partial charge in [0.1, 0.15) is 0 Å². The molecule has 0 saturated carbocycles. The van der Waals surface area contributed by atoms with Crippen molar-refractivity contribution in [3.05, 3.63) is 0 Å². The number of nitrogens with one attached hydrogen (secondary N) is 1. The summed E-state index contributed by atoms with van der Waals surface area (Å²) in [6.07, 6.45) is 4.98. The van der Waals surface area contributed by atoms with E-state index in [0.29, 0.717) is 19.8 Å². The van der Waals surface area contributed by atoms with E-state index in [-0.39, 0.29) is 6.61 Å². The maximum Gasteiger partial charge on any atom is 0.0698 e. The number of rotatable bonds is 6. The van der Waals surface area contributed by atoms with Crippen LogP contribution in [0.2, 0.25) is 0 Å². The molecule has 0 aromatic carbocycles. The second-order valence-electron chi connectivity index (χ2n) is 1.72. The Kier molecular flexibility index (Phi) is 7.97. The summed E-state index contributed by atoms with van der Waals surface area (Å²) in [5, 5.41) is 11.2. The Hall–Kier alpha value is -0.560. The fourth-order valence-corrected chi connectivity index (χ4v) is 0.472. The van der Waals surface area contributed by atoms with E-state index < -0.39 is 0 Å². The highest BCUT2D eigenvalue weighted by molar-refractivity contribution is 4.86. The van der Waals surface area contributed by atoms with Crippen LogP contribution in [0.15, 0.2) is 0 Å². The van der Waals surface area contributed by atoms with Crippen molar-refractivity contribution < 1.29 is 9.84 Å².